The first-order chi connectivity index (χ1) is 9.78. The average Bonchev–Trinajstić information content (AvgIpc) is 2.69. The van der Waals surface area contributed by atoms with Crippen molar-refractivity contribution in [3.05, 3.63) is 35.1 Å². The Balaban J connectivity index is 2.07. The Kier molecular flexibility index (Phi) is 3.69. The molecule has 20 heavy (non-hydrogen) atoms. The van der Waals surface area contributed by atoms with Gasteiger partial charge >= 0.3 is 0 Å². The minimum atomic E-state index is 0.209. The van der Waals surface area contributed by atoms with E-state index in [2.05, 4.69) is 43.4 Å². The highest BCUT2D eigenvalue weighted by atomic mass is 35.5. The minimum absolute atomic E-state index is 0.209. The van der Waals surface area contributed by atoms with Gasteiger partial charge in [-0.2, -0.15) is 15.0 Å². The topological polar surface area (TPSA) is 53.9 Å². The van der Waals surface area contributed by atoms with Crippen molar-refractivity contribution in [1.29, 1.82) is 0 Å². The Labute approximate surface area is 123 Å². The summed E-state index contributed by atoms with van der Waals surface area (Å²) in [7, 11) is 1.77. The Hall–Kier alpha value is -1.88. The van der Waals surface area contributed by atoms with Crippen LogP contribution < -0.4 is 10.2 Å². The molecule has 1 aromatic carbocycles. The lowest BCUT2D eigenvalue weighted by Gasteiger charge is -2.22. The summed E-state index contributed by atoms with van der Waals surface area (Å²) in [6.07, 6.45) is 3.36. The molecule has 1 aliphatic heterocycles. The Morgan fingerprint density at radius 2 is 2.00 bits per heavy atom. The van der Waals surface area contributed by atoms with Crippen molar-refractivity contribution in [3.63, 3.8) is 0 Å². The molecule has 0 saturated heterocycles. The number of hydrogen-bond donors (Lipinski definition) is 1. The van der Waals surface area contributed by atoms with Crippen LogP contribution in [0.5, 0.6) is 0 Å². The van der Waals surface area contributed by atoms with Gasteiger partial charge in [-0.1, -0.05) is 18.2 Å². The third-order valence-corrected chi connectivity index (χ3v) is 3.59. The molecule has 0 amide bonds. The standard InChI is InChI=1S/C14H16ClN5/c1-16-13-17-12(15)18-14(19-13)20-9-5-4-7-10-6-2-3-8-11(10)20/h2-3,6,8H,4-5,7,9H2,1H3,(H,16,17,18,19). The zero-order chi connectivity index (χ0) is 13.9. The fraction of sp³-hybridized carbons (Fsp3) is 0.357. The first kappa shape index (κ1) is 13.1. The van der Waals surface area contributed by atoms with Crippen molar-refractivity contribution < 1.29 is 0 Å². The highest BCUT2D eigenvalue weighted by molar-refractivity contribution is 6.28. The van der Waals surface area contributed by atoms with Crippen molar-refractivity contribution >= 4 is 29.2 Å². The summed E-state index contributed by atoms with van der Waals surface area (Å²) in [6, 6.07) is 8.38. The number of aromatic nitrogens is 3. The molecule has 0 saturated carbocycles. The third kappa shape index (κ3) is 2.54. The van der Waals surface area contributed by atoms with Crippen LogP contribution in [0.1, 0.15) is 18.4 Å². The van der Waals surface area contributed by atoms with E-state index in [1.54, 1.807) is 7.05 Å². The maximum atomic E-state index is 5.99. The van der Waals surface area contributed by atoms with Crippen LogP contribution in [0.15, 0.2) is 24.3 Å². The molecule has 1 N–H and O–H groups in total. The predicted molar refractivity (Wildman–Crippen MR) is 80.8 cm³/mol. The van der Waals surface area contributed by atoms with Crippen LogP contribution in [0.4, 0.5) is 17.6 Å². The number of benzene rings is 1. The van der Waals surface area contributed by atoms with Gasteiger partial charge in [-0.15, -0.1) is 0 Å². The largest absolute Gasteiger partial charge is 0.357 e. The second-order valence-corrected chi connectivity index (χ2v) is 5.05. The van der Waals surface area contributed by atoms with Gasteiger partial charge in [0.05, 0.1) is 0 Å². The van der Waals surface area contributed by atoms with Crippen LogP contribution in [0.2, 0.25) is 5.28 Å². The number of halogens is 1. The molecular weight excluding hydrogens is 274 g/mol. The minimum Gasteiger partial charge on any atom is -0.357 e. The lowest BCUT2D eigenvalue weighted by Crippen LogP contribution is -2.21. The molecule has 0 unspecified atom stereocenters. The number of anilines is 3. The van der Waals surface area contributed by atoms with E-state index in [9.17, 15) is 0 Å². The van der Waals surface area contributed by atoms with E-state index in [0.717, 1.165) is 25.1 Å². The van der Waals surface area contributed by atoms with E-state index < -0.39 is 0 Å². The summed E-state index contributed by atoms with van der Waals surface area (Å²) in [5.41, 5.74) is 2.49. The number of nitrogens with zero attached hydrogens (tertiary/aromatic N) is 4. The molecule has 6 heteroatoms. The van der Waals surface area contributed by atoms with Crippen molar-refractivity contribution in [3.8, 4) is 0 Å². The lowest BCUT2D eigenvalue weighted by atomic mass is 10.1. The van der Waals surface area contributed by atoms with Crippen LogP contribution in [0.3, 0.4) is 0 Å². The van der Waals surface area contributed by atoms with E-state index in [-0.39, 0.29) is 5.28 Å². The third-order valence-electron chi connectivity index (χ3n) is 3.42. The van der Waals surface area contributed by atoms with Gasteiger partial charge in [-0.25, -0.2) is 0 Å². The Morgan fingerprint density at radius 3 is 2.85 bits per heavy atom. The Bertz CT molecular complexity index is 616. The van der Waals surface area contributed by atoms with Crippen molar-refractivity contribution in [2.75, 3.05) is 23.8 Å². The Morgan fingerprint density at radius 1 is 1.15 bits per heavy atom. The van der Waals surface area contributed by atoms with Gasteiger partial charge in [-0.05, 0) is 42.5 Å². The van der Waals surface area contributed by atoms with Gasteiger partial charge in [0.15, 0.2) is 0 Å². The molecule has 0 radical (unpaired) electrons. The molecule has 5 nitrogen and oxygen atoms in total. The number of para-hydroxylation sites is 1. The predicted octanol–water partition coefficient (Wildman–Crippen LogP) is 3.04. The number of nitrogens with one attached hydrogen (secondary N) is 1. The van der Waals surface area contributed by atoms with Gasteiger partial charge in [0.2, 0.25) is 17.2 Å². The maximum absolute atomic E-state index is 5.99. The summed E-state index contributed by atoms with van der Waals surface area (Å²) in [5.74, 6) is 1.09. The average molecular weight is 290 g/mol. The molecule has 104 valence electrons. The van der Waals surface area contributed by atoms with Crippen molar-refractivity contribution in [2.24, 2.45) is 0 Å². The monoisotopic (exact) mass is 289 g/mol. The van der Waals surface area contributed by atoms with Crippen LogP contribution in [-0.2, 0) is 6.42 Å². The molecule has 2 aromatic rings. The fourth-order valence-electron chi connectivity index (χ4n) is 2.47. The van der Waals surface area contributed by atoms with E-state index in [4.69, 9.17) is 11.6 Å². The van der Waals surface area contributed by atoms with E-state index in [1.807, 2.05) is 6.07 Å². The smallest absolute Gasteiger partial charge is 0.236 e. The van der Waals surface area contributed by atoms with Crippen LogP contribution in [0.25, 0.3) is 0 Å². The van der Waals surface area contributed by atoms with Crippen LogP contribution in [-0.4, -0.2) is 28.5 Å². The van der Waals surface area contributed by atoms with Crippen molar-refractivity contribution in [1.82, 2.24) is 15.0 Å². The van der Waals surface area contributed by atoms with E-state index >= 15 is 0 Å². The number of hydrogen-bond acceptors (Lipinski definition) is 5. The molecule has 0 aliphatic carbocycles. The number of fused-ring (bicyclic) bond motifs is 1. The van der Waals surface area contributed by atoms with Gasteiger partial charge in [-0.3, -0.25) is 0 Å². The first-order valence-electron chi connectivity index (χ1n) is 6.72. The quantitative estimate of drug-likeness (QED) is 0.921. The second kappa shape index (κ2) is 5.63. The normalized spacial score (nSPS) is 14.6. The number of rotatable bonds is 2. The van der Waals surface area contributed by atoms with Gasteiger partial charge in [0, 0.05) is 19.3 Å². The molecule has 0 spiro atoms. The summed E-state index contributed by atoms with van der Waals surface area (Å²) in [4.78, 5) is 14.9. The highest BCUT2D eigenvalue weighted by Crippen LogP contribution is 2.31. The van der Waals surface area contributed by atoms with Gasteiger partial charge < -0.3 is 10.2 Å². The molecule has 0 fully saturated rings. The van der Waals surface area contributed by atoms with Gasteiger partial charge in [0.25, 0.3) is 0 Å². The molecular formula is C14H16ClN5. The summed E-state index contributed by atoms with van der Waals surface area (Å²) >= 11 is 5.99. The molecule has 0 bridgehead atoms. The number of aryl methyl sites for hydroxylation is 1. The summed E-state index contributed by atoms with van der Waals surface area (Å²) in [5, 5.41) is 3.12. The molecule has 3 rings (SSSR count). The van der Waals surface area contributed by atoms with Crippen LogP contribution >= 0.6 is 11.6 Å². The zero-order valence-corrected chi connectivity index (χ0v) is 12.1. The summed E-state index contributed by atoms with van der Waals surface area (Å²) < 4.78 is 0. The zero-order valence-electron chi connectivity index (χ0n) is 11.3. The molecule has 0 atom stereocenters. The summed E-state index contributed by atoms with van der Waals surface area (Å²) in [6.45, 7) is 0.889. The fourth-order valence-corrected chi connectivity index (χ4v) is 2.63. The van der Waals surface area contributed by atoms with E-state index in [0.29, 0.717) is 11.9 Å². The molecule has 1 aromatic heterocycles. The first-order valence-corrected chi connectivity index (χ1v) is 7.10. The van der Waals surface area contributed by atoms with Gasteiger partial charge in [0.1, 0.15) is 0 Å². The van der Waals surface area contributed by atoms with Crippen molar-refractivity contribution in [2.45, 2.75) is 19.3 Å². The second-order valence-electron chi connectivity index (χ2n) is 4.72. The van der Waals surface area contributed by atoms with E-state index in [1.165, 1.54) is 12.0 Å². The van der Waals surface area contributed by atoms with Crippen LogP contribution in [0, 0.1) is 0 Å². The SMILES string of the molecule is CNc1nc(Cl)nc(N2CCCCc3ccccc32)n1. The molecule has 1 aliphatic rings. The molecule has 2 heterocycles. The highest BCUT2D eigenvalue weighted by Gasteiger charge is 2.19. The maximum Gasteiger partial charge on any atom is 0.236 e. The lowest BCUT2D eigenvalue weighted by molar-refractivity contribution is 0.751.